The average molecular weight is 347 g/mol. The van der Waals surface area contributed by atoms with Crippen molar-refractivity contribution in [3.63, 3.8) is 0 Å². The molecule has 0 saturated carbocycles. The quantitative estimate of drug-likeness (QED) is 0.326. The Morgan fingerprint density at radius 2 is 2.08 bits per heavy atom. The predicted molar refractivity (Wildman–Crippen MR) is 91.4 cm³/mol. The van der Waals surface area contributed by atoms with Gasteiger partial charge in [-0.25, -0.2) is 9.37 Å². The Labute approximate surface area is 143 Å². The molecule has 9 heteroatoms. The highest BCUT2D eigenvalue weighted by Crippen LogP contribution is 2.26. The molecule has 132 valence electrons. The van der Waals surface area contributed by atoms with E-state index >= 15 is 0 Å². The second-order valence-electron chi connectivity index (χ2n) is 5.12. The molecule has 0 bridgehead atoms. The van der Waals surface area contributed by atoms with E-state index in [0.717, 1.165) is 11.6 Å². The number of carbonyl (C=O) groups is 2. The third kappa shape index (κ3) is 4.56. The summed E-state index contributed by atoms with van der Waals surface area (Å²) >= 11 is 0. The van der Waals surface area contributed by atoms with Crippen molar-refractivity contribution in [3.8, 4) is 5.75 Å². The molecule has 0 fully saturated rings. The van der Waals surface area contributed by atoms with Crippen LogP contribution in [0.2, 0.25) is 0 Å². The first-order chi connectivity index (χ1) is 11.9. The molecule has 0 unspecified atom stereocenters. The Bertz CT molecular complexity index is 798. The minimum atomic E-state index is -0.828. The zero-order chi connectivity index (χ0) is 18.4. The first-order valence-corrected chi connectivity index (χ1v) is 7.28. The maximum absolute atomic E-state index is 14.0. The van der Waals surface area contributed by atoms with Gasteiger partial charge in [-0.15, -0.1) is 0 Å². The molecule has 0 spiro atoms. The van der Waals surface area contributed by atoms with Gasteiger partial charge in [0.15, 0.2) is 11.6 Å². The standard InChI is InChI=1S/C16H18FN5O3/c1-9-3-10(5-11(4-9)25-2)21-15-12(14(18)24)6-13(17)16(22-15)20-7-19-8-23/h3-6,8H,7H2,1-2H3,(H2,18,24)(H,19,23)(H2,20,21,22). The molecule has 0 saturated heterocycles. The van der Waals surface area contributed by atoms with Crippen LogP contribution in [-0.4, -0.2) is 31.1 Å². The van der Waals surface area contributed by atoms with Gasteiger partial charge in [-0.1, -0.05) is 0 Å². The van der Waals surface area contributed by atoms with Crippen molar-refractivity contribution in [1.29, 1.82) is 0 Å². The van der Waals surface area contributed by atoms with Crippen LogP contribution < -0.4 is 26.4 Å². The van der Waals surface area contributed by atoms with Crippen LogP contribution in [0.5, 0.6) is 5.75 Å². The van der Waals surface area contributed by atoms with Gasteiger partial charge in [0.1, 0.15) is 11.6 Å². The molecule has 0 aliphatic carbocycles. The number of aryl methyl sites for hydroxylation is 1. The molecular weight excluding hydrogens is 329 g/mol. The number of aromatic nitrogens is 1. The van der Waals surface area contributed by atoms with Gasteiger partial charge in [-0.2, -0.15) is 0 Å². The number of hydrogen-bond acceptors (Lipinski definition) is 6. The lowest BCUT2D eigenvalue weighted by atomic mass is 10.2. The van der Waals surface area contributed by atoms with Gasteiger partial charge < -0.3 is 26.4 Å². The number of ether oxygens (including phenoxy) is 1. The van der Waals surface area contributed by atoms with Crippen molar-refractivity contribution in [2.45, 2.75) is 6.92 Å². The first-order valence-electron chi connectivity index (χ1n) is 7.28. The molecule has 2 rings (SSSR count). The van der Waals surface area contributed by atoms with E-state index in [1.807, 2.05) is 13.0 Å². The number of rotatable bonds is 8. The number of benzene rings is 1. The lowest BCUT2D eigenvalue weighted by Gasteiger charge is -2.14. The summed E-state index contributed by atoms with van der Waals surface area (Å²) in [6, 6.07) is 6.31. The molecule has 1 heterocycles. The van der Waals surface area contributed by atoms with E-state index in [4.69, 9.17) is 10.5 Å². The maximum atomic E-state index is 14.0. The van der Waals surface area contributed by atoms with E-state index in [9.17, 15) is 14.0 Å². The first kappa shape index (κ1) is 18.0. The lowest BCUT2D eigenvalue weighted by molar-refractivity contribution is -0.109. The van der Waals surface area contributed by atoms with Crippen LogP contribution in [0.25, 0.3) is 0 Å². The Hall–Kier alpha value is -3.36. The number of hydrogen-bond donors (Lipinski definition) is 4. The van der Waals surface area contributed by atoms with Crippen LogP contribution in [0.4, 0.5) is 21.7 Å². The second kappa shape index (κ2) is 7.95. The summed E-state index contributed by atoms with van der Waals surface area (Å²) in [5.74, 6) is -1.05. The number of nitrogens with two attached hydrogens (primary N) is 1. The van der Waals surface area contributed by atoms with E-state index in [1.54, 1.807) is 12.1 Å². The number of pyridine rings is 1. The fourth-order valence-corrected chi connectivity index (χ4v) is 2.15. The molecule has 0 aliphatic heterocycles. The fraction of sp³-hybridized carbons (Fsp3) is 0.188. The van der Waals surface area contributed by atoms with Crippen molar-refractivity contribution in [3.05, 3.63) is 41.2 Å². The van der Waals surface area contributed by atoms with E-state index in [0.29, 0.717) is 17.8 Å². The Kier molecular flexibility index (Phi) is 5.72. The number of methoxy groups -OCH3 is 1. The SMILES string of the molecule is COc1cc(C)cc(Nc2nc(NCNC=O)c(F)cc2C(N)=O)c1. The topological polar surface area (TPSA) is 118 Å². The van der Waals surface area contributed by atoms with Gasteiger partial charge in [0, 0.05) is 11.8 Å². The summed E-state index contributed by atoms with van der Waals surface area (Å²) in [5, 5.41) is 7.86. The van der Waals surface area contributed by atoms with Crippen molar-refractivity contribution in [1.82, 2.24) is 10.3 Å². The van der Waals surface area contributed by atoms with Crippen molar-refractivity contribution < 1.29 is 18.7 Å². The summed E-state index contributed by atoms with van der Waals surface area (Å²) in [6.45, 7) is 1.85. The van der Waals surface area contributed by atoms with Crippen LogP contribution in [0.15, 0.2) is 24.3 Å². The monoisotopic (exact) mass is 347 g/mol. The van der Waals surface area contributed by atoms with Crippen LogP contribution in [-0.2, 0) is 4.79 Å². The zero-order valence-electron chi connectivity index (χ0n) is 13.7. The molecule has 5 N–H and O–H groups in total. The summed E-state index contributed by atoms with van der Waals surface area (Å²) in [6.07, 6.45) is 0.459. The maximum Gasteiger partial charge on any atom is 0.252 e. The minimum Gasteiger partial charge on any atom is -0.497 e. The number of amides is 2. The van der Waals surface area contributed by atoms with Crippen molar-refractivity contribution in [2.75, 3.05) is 24.4 Å². The van der Waals surface area contributed by atoms with Gasteiger partial charge in [0.25, 0.3) is 5.91 Å². The smallest absolute Gasteiger partial charge is 0.252 e. The largest absolute Gasteiger partial charge is 0.497 e. The second-order valence-corrected chi connectivity index (χ2v) is 5.12. The van der Waals surface area contributed by atoms with Gasteiger partial charge in [0.05, 0.1) is 19.3 Å². The molecule has 0 radical (unpaired) electrons. The van der Waals surface area contributed by atoms with Crippen LogP contribution in [0.3, 0.4) is 0 Å². The Morgan fingerprint density at radius 1 is 1.32 bits per heavy atom. The predicted octanol–water partition coefficient (Wildman–Crippen LogP) is 1.50. The average Bonchev–Trinajstić information content (AvgIpc) is 2.56. The molecule has 2 amide bonds. The summed E-state index contributed by atoms with van der Waals surface area (Å²) < 4.78 is 19.2. The van der Waals surface area contributed by atoms with Gasteiger partial charge in [-0.3, -0.25) is 9.59 Å². The van der Waals surface area contributed by atoms with E-state index < -0.39 is 11.7 Å². The van der Waals surface area contributed by atoms with Crippen molar-refractivity contribution >= 4 is 29.6 Å². The Morgan fingerprint density at radius 3 is 2.72 bits per heavy atom. The van der Waals surface area contributed by atoms with Crippen molar-refractivity contribution in [2.24, 2.45) is 5.73 Å². The zero-order valence-corrected chi connectivity index (χ0v) is 13.7. The number of nitrogens with one attached hydrogen (secondary N) is 3. The number of anilines is 3. The molecule has 25 heavy (non-hydrogen) atoms. The number of nitrogens with zero attached hydrogens (tertiary/aromatic N) is 1. The van der Waals surface area contributed by atoms with E-state index in [1.165, 1.54) is 7.11 Å². The fourth-order valence-electron chi connectivity index (χ4n) is 2.15. The molecule has 8 nitrogen and oxygen atoms in total. The highest BCUT2D eigenvalue weighted by atomic mass is 19.1. The molecule has 1 aromatic heterocycles. The van der Waals surface area contributed by atoms with Gasteiger partial charge in [0.2, 0.25) is 6.41 Å². The van der Waals surface area contributed by atoms with Crippen LogP contribution in [0, 0.1) is 12.7 Å². The molecule has 0 atom stereocenters. The van der Waals surface area contributed by atoms with Gasteiger partial charge >= 0.3 is 0 Å². The third-order valence-electron chi connectivity index (χ3n) is 3.23. The molecule has 0 aliphatic rings. The number of halogens is 1. The summed E-state index contributed by atoms with van der Waals surface area (Å²) in [4.78, 5) is 25.9. The van der Waals surface area contributed by atoms with Crippen LogP contribution in [0.1, 0.15) is 15.9 Å². The summed E-state index contributed by atoms with van der Waals surface area (Å²) in [5.41, 5.74) is 6.71. The van der Waals surface area contributed by atoms with E-state index in [2.05, 4.69) is 20.9 Å². The third-order valence-corrected chi connectivity index (χ3v) is 3.23. The molecule has 2 aromatic rings. The molecular formula is C16H18FN5O3. The molecule has 1 aromatic carbocycles. The highest BCUT2D eigenvalue weighted by Gasteiger charge is 2.16. The Balaban J connectivity index is 2.39. The highest BCUT2D eigenvalue weighted by molar-refractivity contribution is 5.98. The normalized spacial score (nSPS) is 10.0. The van der Waals surface area contributed by atoms with E-state index in [-0.39, 0.29) is 23.9 Å². The summed E-state index contributed by atoms with van der Waals surface area (Å²) in [7, 11) is 1.53. The minimum absolute atomic E-state index is 0.0267. The van der Waals surface area contributed by atoms with Crippen LogP contribution >= 0.6 is 0 Å². The lowest BCUT2D eigenvalue weighted by Crippen LogP contribution is -2.22. The number of carbonyl (C=O) groups excluding carboxylic acids is 2. The van der Waals surface area contributed by atoms with Gasteiger partial charge in [-0.05, 0) is 30.7 Å². The number of primary amides is 1.